The van der Waals surface area contributed by atoms with Gasteiger partial charge in [0.15, 0.2) is 23.0 Å². The van der Waals surface area contributed by atoms with E-state index >= 15 is 0 Å². The van der Waals surface area contributed by atoms with Crippen LogP contribution < -0.4 is 24.3 Å². The highest BCUT2D eigenvalue weighted by atomic mass is 35.5. The molecule has 1 atom stereocenters. The van der Waals surface area contributed by atoms with E-state index in [4.69, 9.17) is 30.5 Å². The molecule has 0 saturated carbocycles. The summed E-state index contributed by atoms with van der Waals surface area (Å²) in [6.07, 6.45) is 0.822. The molecule has 1 unspecified atom stereocenters. The summed E-state index contributed by atoms with van der Waals surface area (Å²) >= 11 is 7.86. The summed E-state index contributed by atoms with van der Waals surface area (Å²) in [5, 5.41) is 3.17. The molecule has 0 saturated heterocycles. The van der Waals surface area contributed by atoms with E-state index in [0.717, 1.165) is 12.0 Å². The molecule has 0 aliphatic carbocycles. The van der Waals surface area contributed by atoms with Crippen molar-refractivity contribution in [1.29, 1.82) is 0 Å². The van der Waals surface area contributed by atoms with E-state index in [0.29, 0.717) is 52.7 Å². The number of amides is 1. The number of ether oxygens (including phenoxy) is 4. The van der Waals surface area contributed by atoms with Crippen LogP contribution in [0.2, 0.25) is 5.02 Å². The van der Waals surface area contributed by atoms with Gasteiger partial charge in [0.25, 0.3) is 0 Å². The first kappa shape index (κ1) is 21.5. The summed E-state index contributed by atoms with van der Waals surface area (Å²) in [5.74, 6) is 2.95. The number of hydrogen-bond acceptors (Lipinski definition) is 6. The highest BCUT2D eigenvalue weighted by molar-refractivity contribution is 7.99. The lowest BCUT2D eigenvalue weighted by molar-refractivity contribution is -0.115. The molecule has 0 aromatic heterocycles. The second kappa shape index (κ2) is 9.98. The molecule has 0 fully saturated rings. The summed E-state index contributed by atoms with van der Waals surface area (Å²) in [7, 11) is 3.13. The highest BCUT2D eigenvalue weighted by Gasteiger charge is 2.18. The van der Waals surface area contributed by atoms with E-state index < -0.39 is 0 Å². The maximum atomic E-state index is 12.6. The van der Waals surface area contributed by atoms with E-state index in [1.54, 1.807) is 32.4 Å². The Morgan fingerprint density at radius 1 is 1.17 bits per heavy atom. The molecule has 3 rings (SSSR count). The maximum absolute atomic E-state index is 12.6. The fourth-order valence-corrected chi connectivity index (χ4v) is 3.93. The lowest BCUT2D eigenvalue weighted by atomic mass is 10.2. The van der Waals surface area contributed by atoms with Gasteiger partial charge >= 0.3 is 0 Å². The Bertz CT molecular complexity index is 876. The molecule has 2 aromatic rings. The average molecular weight is 438 g/mol. The van der Waals surface area contributed by atoms with Gasteiger partial charge in [0.2, 0.25) is 5.91 Å². The Hall–Kier alpha value is -2.25. The zero-order valence-corrected chi connectivity index (χ0v) is 18.2. The molecule has 1 aliphatic rings. The van der Waals surface area contributed by atoms with Crippen molar-refractivity contribution in [3.63, 3.8) is 0 Å². The zero-order chi connectivity index (χ0) is 20.8. The SMILES string of the molecule is COc1ccc(NC(=O)C(C)SCc2cc(Cl)c3c(c2)OCCCO3)cc1OC. The van der Waals surface area contributed by atoms with Crippen molar-refractivity contribution in [2.45, 2.75) is 24.3 Å². The van der Waals surface area contributed by atoms with Gasteiger partial charge in [0.05, 0.1) is 37.7 Å². The Kier molecular flexibility index (Phi) is 7.39. The van der Waals surface area contributed by atoms with Crippen molar-refractivity contribution < 1.29 is 23.7 Å². The number of thioether (sulfide) groups is 1. The van der Waals surface area contributed by atoms with Crippen LogP contribution in [0.3, 0.4) is 0 Å². The minimum atomic E-state index is -0.266. The topological polar surface area (TPSA) is 66.0 Å². The molecule has 1 N–H and O–H groups in total. The summed E-state index contributed by atoms with van der Waals surface area (Å²) < 4.78 is 21.9. The molecular formula is C21H24ClNO5S. The van der Waals surface area contributed by atoms with E-state index in [-0.39, 0.29) is 11.2 Å². The number of halogens is 1. The van der Waals surface area contributed by atoms with E-state index in [2.05, 4.69) is 5.32 Å². The Morgan fingerprint density at radius 2 is 1.93 bits per heavy atom. The average Bonchev–Trinajstić information content (AvgIpc) is 2.97. The van der Waals surface area contributed by atoms with Gasteiger partial charge in [-0.25, -0.2) is 0 Å². The van der Waals surface area contributed by atoms with Crippen LogP contribution in [0.4, 0.5) is 5.69 Å². The monoisotopic (exact) mass is 437 g/mol. The van der Waals surface area contributed by atoms with Crippen LogP contribution in [-0.4, -0.2) is 38.6 Å². The quantitative estimate of drug-likeness (QED) is 0.672. The first-order valence-corrected chi connectivity index (χ1v) is 10.7. The molecule has 156 valence electrons. The third-order valence-corrected chi connectivity index (χ3v) is 5.88. The predicted octanol–water partition coefficient (Wildman–Crippen LogP) is 4.78. The summed E-state index contributed by atoms with van der Waals surface area (Å²) in [6, 6.07) is 9.06. The van der Waals surface area contributed by atoms with Crippen LogP contribution in [0.25, 0.3) is 0 Å². The third-order valence-electron chi connectivity index (χ3n) is 4.38. The van der Waals surface area contributed by atoms with Gasteiger partial charge in [-0.1, -0.05) is 11.6 Å². The molecule has 8 heteroatoms. The molecule has 0 bridgehead atoms. The molecule has 1 aliphatic heterocycles. The number of hydrogen-bond donors (Lipinski definition) is 1. The van der Waals surface area contributed by atoms with Gasteiger partial charge in [-0.05, 0) is 36.8 Å². The molecule has 6 nitrogen and oxygen atoms in total. The van der Waals surface area contributed by atoms with Crippen molar-refractivity contribution in [1.82, 2.24) is 0 Å². The molecule has 0 spiro atoms. The number of fused-ring (bicyclic) bond motifs is 1. The molecular weight excluding hydrogens is 414 g/mol. The van der Waals surface area contributed by atoms with E-state index in [9.17, 15) is 4.79 Å². The number of carbonyl (C=O) groups is 1. The summed E-state index contributed by atoms with van der Waals surface area (Å²) in [6.45, 7) is 3.06. The minimum Gasteiger partial charge on any atom is -0.493 e. The van der Waals surface area contributed by atoms with Crippen LogP contribution in [0, 0.1) is 0 Å². The summed E-state index contributed by atoms with van der Waals surface area (Å²) in [4.78, 5) is 12.6. The number of nitrogens with one attached hydrogen (secondary N) is 1. The lowest BCUT2D eigenvalue weighted by Crippen LogP contribution is -2.22. The zero-order valence-electron chi connectivity index (χ0n) is 16.6. The van der Waals surface area contributed by atoms with Crippen molar-refractivity contribution >= 4 is 35.0 Å². The van der Waals surface area contributed by atoms with Crippen LogP contribution >= 0.6 is 23.4 Å². The van der Waals surface area contributed by atoms with Crippen molar-refractivity contribution in [3.8, 4) is 23.0 Å². The number of anilines is 1. The van der Waals surface area contributed by atoms with Gasteiger partial charge in [-0.3, -0.25) is 4.79 Å². The maximum Gasteiger partial charge on any atom is 0.237 e. The van der Waals surface area contributed by atoms with Crippen molar-refractivity contribution in [2.75, 3.05) is 32.8 Å². The smallest absolute Gasteiger partial charge is 0.237 e. The van der Waals surface area contributed by atoms with E-state index in [1.807, 2.05) is 19.1 Å². The van der Waals surface area contributed by atoms with Crippen LogP contribution in [0.5, 0.6) is 23.0 Å². The Labute approximate surface area is 179 Å². The first-order chi connectivity index (χ1) is 14.0. The lowest BCUT2D eigenvalue weighted by Gasteiger charge is -2.15. The van der Waals surface area contributed by atoms with Gasteiger partial charge in [0.1, 0.15) is 0 Å². The van der Waals surface area contributed by atoms with Crippen LogP contribution in [-0.2, 0) is 10.5 Å². The second-order valence-corrected chi connectivity index (χ2v) is 8.20. The summed E-state index contributed by atoms with van der Waals surface area (Å²) in [5.41, 5.74) is 1.63. The number of benzene rings is 2. The molecule has 29 heavy (non-hydrogen) atoms. The minimum absolute atomic E-state index is 0.0948. The van der Waals surface area contributed by atoms with Crippen LogP contribution in [0.15, 0.2) is 30.3 Å². The van der Waals surface area contributed by atoms with Gasteiger partial charge < -0.3 is 24.3 Å². The Balaban J connectivity index is 1.60. The standard InChI is InChI=1S/C21H24ClNO5S/c1-13(21(24)23-15-5-6-17(25-2)18(11-15)26-3)29-12-14-9-16(22)20-19(10-14)27-7-4-8-28-20/h5-6,9-11,13H,4,7-8,12H2,1-3H3,(H,23,24). The fourth-order valence-electron chi connectivity index (χ4n) is 2.82. The largest absolute Gasteiger partial charge is 0.493 e. The van der Waals surface area contributed by atoms with Crippen molar-refractivity contribution in [2.24, 2.45) is 0 Å². The highest BCUT2D eigenvalue weighted by Crippen LogP contribution is 2.39. The van der Waals surface area contributed by atoms with E-state index in [1.165, 1.54) is 11.8 Å². The Morgan fingerprint density at radius 3 is 2.69 bits per heavy atom. The van der Waals surface area contributed by atoms with Crippen molar-refractivity contribution in [3.05, 3.63) is 40.9 Å². The van der Waals surface area contributed by atoms with Gasteiger partial charge in [-0.2, -0.15) is 0 Å². The van der Waals surface area contributed by atoms with Gasteiger partial charge in [-0.15, -0.1) is 11.8 Å². The number of rotatable bonds is 7. The number of carbonyl (C=O) groups excluding carboxylic acids is 1. The fraction of sp³-hybridized carbons (Fsp3) is 0.381. The van der Waals surface area contributed by atoms with Crippen LogP contribution in [0.1, 0.15) is 18.9 Å². The molecule has 0 radical (unpaired) electrons. The normalized spacial score (nSPS) is 13.9. The number of methoxy groups -OCH3 is 2. The van der Waals surface area contributed by atoms with Gasteiger partial charge in [0, 0.05) is 23.9 Å². The molecule has 1 amide bonds. The first-order valence-electron chi connectivity index (χ1n) is 9.24. The third kappa shape index (κ3) is 5.42. The predicted molar refractivity (Wildman–Crippen MR) is 116 cm³/mol. The molecule has 2 aromatic carbocycles. The molecule has 1 heterocycles. The second-order valence-electron chi connectivity index (χ2n) is 6.47.